The molecule has 2 rings (SSSR count). The Morgan fingerprint density at radius 2 is 1.88 bits per heavy atom. The lowest BCUT2D eigenvalue weighted by atomic mass is 9.87. The van der Waals surface area contributed by atoms with Crippen molar-refractivity contribution in [3.8, 4) is 5.75 Å². The fourth-order valence-electron chi connectivity index (χ4n) is 2.22. The lowest BCUT2D eigenvalue weighted by Crippen LogP contribution is -2.34. The Morgan fingerprint density at radius 3 is 2.41 bits per heavy atom. The first-order chi connectivity index (χ1) is 8.12. The number of halogens is 1. The predicted octanol–water partition coefficient (Wildman–Crippen LogP) is 3.47. The molecule has 0 aliphatic heterocycles. The molecule has 0 atom stereocenters. The normalized spacial score (nSPS) is 17.9. The van der Waals surface area contributed by atoms with Crippen LogP contribution in [0, 0.1) is 5.41 Å². The molecule has 4 heteroatoms. The molecule has 0 aromatic heterocycles. The summed E-state index contributed by atoms with van der Waals surface area (Å²) in [5, 5.41) is 9.30. The van der Waals surface area contributed by atoms with Crippen molar-refractivity contribution in [1.82, 2.24) is 0 Å². The number of hydrogen-bond donors (Lipinski definition) is 1. The zero-order valence-corrected chi connectivity index (χ0v) is 11.1. The highest BCUT2D eigenvalue weighted by molar-refractivity contribution is 9.10. The molecule has 0 saturated heterocycles. The summed E-state index contributed by atoms with van der Waals surface area (Å²) in [5.41, 5.74) is -0.674. The van der Waals surface area contributed by atoms with Gasteiger partial charge in [-0.05, 0) is 37.1 Å². The molecule has 1 saturated carbocycles. The standard InChI is InChI=1S/C13H15BrO3/c14-10-3-5-11(6-4-10)17-9-13(12(15)16)7-1-2-8-13/h3-6H,1-2,7-9H2,(H,15,16). The highest BCUT2D eigenvalue weighted by atomic mass is 79.9. The zero-order valence-electron chi connectivity index (χ0n) is 9.49. The van der Waals surface area contributed by atoms with E-state index < -0.39 is 11.4 Å². The largest absolute Gasteiger partial charge is 0.492 e. The van der Waals surface area contributed by atoms with Gasteiger partial charge in [0.2, 0.25) is 0 Å². The Morgan fingerprint density at radius 1 is 1.29 bits per heavy atom. The number of carboxylic acid groups (broad SMARTS) is 1. The minimum atomic E-state index is -0.730. The van der Waals surface area contributed by atoms with Crippen LogP contribution in [0.5, 0.6) is 5.75 Å². The first kappa shape index (κ1) is 12.4. The molecule has 1 aliphatic rings. The lowest BCUT2D eigenvalue weighted by molar-refractivity contribution is -0.150. The van der Waals surface area contributed by atoms with Gasteiger partial charge in [0.05, 0.1) is 0 Å². The van der Waals surface area contributed by atoms with Crippen molar-refractivity contribution >= 4 is 21.9 Å². The van der Waals surface area contributed by atoms with E-state index in [0.29, 0.717) is 0 Å². The number of carboxylic acids is 1. The summed E-state index contributed by atoms with van der Waals surface area (Å²) in [6.45, 7) is 0.268. The Kier molecular flexibility index (Phi) is 3.72. The van der Waals surface area contributed by atoms with Crippen molar-refractivity contribution in [3.63, 3.8) is 0 Å². The van der Waals surface area contributed by atoms with E-state index in [9.17, 15) is 9.90 Å². The van der Waals surface area contributed by atoms with E-state index in [-0.39, 0.29) is 6.61 Å². The van der Waals surface area contributed by atoms with Crippen molar-refractivity contribution in [1.29, 1.82) is 0 Å². The van der Waals surface area contributed by atoms with E-state index in [4.69, 9.17) is 4.74 Å². The van der Waals surface area contributed by atoms with Gasteiger partial charge in [-0.25, -0.2) is 0 Å². The zero-order chi connectivity index (χ0) is 12.3. The van der Waals surface area contributed by atoms with Crippen LogP contribution in [0.25, 0.3) is 0 Å². The van der Waals surface area contributed by atoms with Crippen molar-refractivity contribution in [2.45, 2.75) is 25.7 Å². The van der Waals surface area contributed by atoms with Crippen molar-refractivity contribution in [2.75, 3.05) is 6.61 Å². The molecule has 0 heterocycles. The smallest absolute Gasteiger partial charge is 0.313 e. The molecule has 0 amide bonds. The van der Waals surface area contributed by atoms with Gasteiger partial charge in [-0.2, -0.15) is 0 Å². The van der Waals surface area contributed by atoms with E-state index in [1.165, 1.54) is 0 Å². The molecule has 1 aliphatic carbocycles. The Balaban J connectivity index is 2.00. The van der Waals surface area contributed by atoms with Crippen LogP contribution in [-0.2, 0) is 4.79 Å². The lowest BCUT2D eigenvalue weighted by Gasteiger charge is -2.23. The first-order valence-electron chi connectivity index (χ1n) is 5.74. The summed E-state index contributed by atoms with van der Waals surface area (Å²) >= 11 is 3.35. The van der Waals surface area contributed by atoms with Crippen molar-refractivity contribution < 1.29 is 14.6 Å². The van der Waals surface area contributed by atoms with Gasteiger partial charge in [0.1, 0.15) is 17.8 Å². The molecule has 0 bridgehead atoms. The SMILES string of the molecule is O=C(O)C1(COc2ccc(Br)cc2)CCCC1. The van der Waals surface area contributed by atoms with Gasteiger partial charge in [-0.15, -0.1) is 0 Å². The second-order valence-corrected chi connectivity index (χ2v) is 5.45. The van der Waals surface area contributed by atoms with E-state index in [0.717, 1.165) is 35.9 Å². The molecule has 1 fully saturated rings. The van der Waals surface area contributed by atoms with Gasteiger partial charge >= 0.3 is 5.97 Å². The van der Waals surface area contributed by atoms with Crippen molar-refractivity contribution in [3.05, 3.63) is 28.7 Å². The molecule has 1 N–H and O–H groups in total. The third kappa shape index (κ3) is 2.80. The molecule has 1 aromatic carbocycles. The minimum Gasteiger partial charge on any atom is -0.492 e. The number of hydrogen-bond acceptors (Lipinski definition) is 2. The third-order valence-electron chi connectivity index (χ3n) is 3.34. The monoisotopic (exact) mass is 298 g/mol. The summed E-state index contributed by atoms with van der Waals surface area (Å²) in [7, 11) is 0. The maximum Gasteiger partial charge on any atom is 0.313 e. The van der Waals surface area contributed by atoms with Gasteiger partial charge in [-0.3, -0.25) is 4.79 Å². The van der Waals surface area contributed by atoms with E-state index >= 15 is 0 Å². The minimum absolute atomic E-state index is 0.268. The number of carbonyl (C=O) groups is 1. The van der Waals surface area contributed by atoms with Crippen LogP contribution in [0.4, 0.5) is 0 Å². The number of rotatable bonds is 4. The third-order valence-corrected chi connectivity index (χ3v) is 3.87. The van der Waals surface area contributed by atoms with E-state index in [1.807, 2.05) is 24.3 Å². The Bertz CT molecular complexity index is 394. The molecular formula is C13H15BrO3. The van der Waals surface area contributed by atoms with Crippen LogP contribution < -0.4 is 4.74 Å². The summed E-state index contributed by atoms with van der Waals surface area (Å²) in [4.78, 5) is 11.3. The molecule has 17 heavy (non-hydrogen) atoms. The Labute approximate surface area is 109 Å². The van der Waals surface area contributed by atoms with Gasteiger partial charge in [0, 0.05) is 4.47 Å². The molecule has 1 aromatic rings. The maximum atomic E-state index is 11.3. The second-order valence-electron chi connectivity index (χ2n) is 4.54. The molecule has 0 unspecified atom stereocenters. The molecule has 0 spiro atoms. The number of benzene rings is 1. The quantitative estimate of drug-likeness (QED) is 0.926. The number of ether oxygens (including phenoxy) is 1. The van der Waals surface area contributed by atoms with Crippen LogP contribution in [0.2, 0.25) is 0 Å². The van der Waals surface area contributed by atoms with Crippen LogP contribution in [0.15, 0.2) is 28.7 Å². The molecular weight excluding hydrogens is 284 g/mol. The fourth-order valence-corrected chi connectivity index (χ4v) is 2.49. The summed E-state index contributed by atoms with van der Waals surface area (Å²) in [6.07, 6.45) is 3.41. The summed E-state index contributed by atoms with van der Waals surface area (Å²) in [5.74, 6) is -0.00663. The molecule has 0 radical (unpaired) electrons. The topological polar surface area (TPSA) is 46.5 Å². The van der Waals surface area contributed by atoms with Gasteiger partial charge < -0.3 is 9.84 Å². The summed E-state index contributed by atoms with van der Waals surface area (Å²) in [6, 6.07) is 7.46. The molecule has 92 valence electrons. The summed E-state index contributed by atoms with van der Waals surface area (Å²) < 4.78 is 6.59. The highest BCUT2D eigenvalue weighted by Crippen LogP contribution is 2.38. The van der Waals surface area contributed by atoms with Crippen LogP contribution in [-0.4, -0.2) is 17.7 Å². The predicted molar refractivity (Wildman–Crippen MR) is 68.2 cm³/mol. The maximum absolute atomic E-state index is 11.3. The van der Waals surface area contributed by atoms with E-state index in [1.54, 1.807) is 0 Å². The van der Waals surface area contributed by atoms with Gasteiger partial charge in [-0.1, -0.05) is 28.8 Å². The van der Waals surface area contributed by atoms with E-state index in [2.05, 4.69) is 15.9 Å². The highest BCUT2D eigenvalue weighted by Gasteiger charge is 2.42. The average Bonchev–Trinajstić information content (AvgIpc) is 2.78. The fraction of sp³-hybridized carbons (Fsp3) is 0.462. The van der Waals surface area contributed by atoms with Gasteiger partial charge in [0.15, 0.2) is 0 Å². The Hall–Kier alpha value is -1.03. The van der Waals surface area contributed by atoms with Crippen molar-refractivity contribution in [2.24, 2.45) is 5.41 Å². The van der Waals surface area contributed by atoms with Crippen LogP contribution in [0.1, 0.15) is 25.7 Å². The average molecular weight is 299 g/mol. The first-order valence-corrected chi connectivity index (χ1v) is 6.53. The van der Waals surface area contributed by atoms with Gasteiger partial charge in [0.25, 0.3) is 0 Å². The van der Waals surface area contributed by atoms with Crippen LogP contribution in [0.3, 0.4) is 0 Å². The second kappa shape index (κ2) is 5.08. The number of aliphatic carboxylic acids is 1. The molecule has 3 nitrogen and oxygen atoms in total. The van der Waals surface area contributed by atoms with Crippen LogP contribution >= 0.6 is 15.9 Å².